The number of hydrogen-bond acceptors (Lipinski definition) is 4. The quantitative estimate of drug-likeness (QED) is 0.886. The first kappa shape index (κ1) is 16.8. The van der Waals surface area contributed by atoms with E-state index in [1.54, 1.807) is 4.90 Å². The highest BCUT2D eigenvalue weighted by atomic mass is 32.1. The summed E-state index contributed by atoms with van der Waals surface area (Å²) in [6.45, 7) is 3.45. The summed E-state index contributed by atoms with van der Waals surface area (Å²) < 4.78 is 0. The van der Waals surface area contributed by atoms with Crippen molar-refractivity contribution in [1.29, 1.82) is 0 Å². The summed E-state index contributed by atoms with van der Waals surface area (Å²) in [4.78, 5) is 34.9. The molecule has 2 aromatic rings. The molecule has 0 bridgehead atoms. The van der Waals surface area contributed by atoms with Crippen molar-refractivity contribution < 1.29 is 9.59 Å². The molecule has 0 saturated heterocycles. The highest BCUT2D eigenvalue weighted by Crippen LogP contribution is 2.42. The van der Waals surface area contributed by atoms with E-state index >= 15 is 0 Å². The number of nitrogens with zero attached hydrogens (tertiary/aromatic N) is 3. The van der Waals surface area contributed by atoms with Crippen LogP contribution < -0.4 is 10.2 Å². The van der Waals surface area contributed by atoms with Gasteiger partial charge in [0.05, 0.1) is 35.6 Å². The lowest BCUT2D eigenvalue weighted by atomic mass is 10.1. The number of para-hydroxylation sites is 2. The van der Waals surface area contributed by atoms with Crippen LogP contribution in [0.15, 0.2) is 29.6 Å². The number of carbonyl (C=O) groups is 2. The highest BCUT2D eigenvalue weighted by Gasteiger charge is 2.34. The number of likely N-dealkylation sites (N-methyl/N-ethyl adjacent to an activating group) is 1. The van der Waals surface area contributed by atoms with Gasteiger partial charge in [-0.05, 0) is 26.1 Å². The molecule has 26 heavy (non-hydrogen) atoms. The molecule has 132 valence electrons. The Morgan fingerprint density at radius 2 is 2.23 bits per heavy atom. The Labute approximate surface area is 155 Å². The molecule has 2 amide bonds. The summed E-state index contributed by atoms with van der Waals surface area (Å²) in [6, 6.07) is 10.3. The normalized spacial score (nSPS) is 18.9. The molecule has 1 N–H and O–H groups in total. The van der Waals surface area contributed by atoms with Gasteiger partial charge in [0.25, 0.3) is 18.5 Å². The first-order chi connectivity index (χ1) is 12.6. The van der Waals surface area contributed by atoms with Gasteiger partial charge in [-0.25, -0.2) is 0 Å². The zero-order valence-electron chi connectivity index (χ0n) is 14.7. The van der Waals surface area contributed by atoms with Gasteiger partial charge < -0.3 is 5.32 Å². The fourth-order valence-electron chi connectivity index (χ4n) is 3.32. The van der Waals surface area contributed by atoms with Crippen LogP contribution in [0.1, 0.15) is 21.7 Å². The van der Waals surface area contributed by atoms with Crippen molar-refractivity contribution in [3.63, 3.8) is 0 Å². The van der Waals surface area contributed by atoms with E-state index in [0.29, 0.717) is 29.2 Å². The molecule has 4 rings (SSSR count). The van der Waals surface area contributed by atoms with Gasteiger partial charge in [-0.1, -0.05) is 17.0 Å². The minimum absolute atomic E-state index is 0.0712. The second-order valence-electron chi connectivity index (χ2n) is 6.47. The van der Waals surface area contributed by atoms with Gasteiger partial charge in [-0.3, -0.25) is 19.4 Å². The van der Waals surface area contributed by atoms with Crippen molar-refractivity contribution in [3.8, 4) is 6.07 Å². The van der Waals surface area contributed by atoms with E-state index in [-0.39, 0.29) is 24.3 Å². The summed E-state index contributed by atoms with van der Waals surface area (Å²) in [5, 5.41) is 4.73. The minimum Gasteiger partial charge on any atom is -0.320 e. The molecule has 1 aromatic heterocycles. The molecule has 0 radical (unpaired) electrons. The summed E-state index contributed by atoms with van der Waals surface area (Å²) in [5.41, 5.74) is 2.55. The number of amides is 2. The average molecular weight is 367 g/mol. The Morgan fingerprint density at radius 1 is 1.42 bits per heavy atom. The average Bonchev–Trinajstić information content (AvgIpc) is 2.94. The fraction of sp³-hybridized carbons (Fsp3) is 0.316. The minimum atomic E-state index is -0.185. The highest BCUT2D eigenvalue weighted by molar-refractivity contribution is 7.11. The van der Waals surface area contributed by atoms with Gasteiger partial charge in [-0.2, -0.15) is 0 Å². The van der Waals surface area contributed by atoms with Crippen molar-refractivity contribution >= 4 is 40.2 Å². The van der Waals surface area contributed by atoms with Crippen LogP contribution in [0.25, 0.3) is 4.85 Å². The summed E-state index contributed by atoms with van der Waals surface area (Å²) in [5.74, 6) is -0.256. The molecular weight excluding hydrogens is 348 g/mol. The molecular formula is C19H19N4O2S+. The number of anilines is 3. The molecule has 1 unspecified atom stereocenters. The largest absolute Gasteiger partial charge is 0.320 e. The predicted octanol–water partition coefficient (Wildman–Crippen LogP) is 3.32. The maximum atomic E-state index is 13.3. The molecule has 6 nitrogen and oxygen atoms in total. The second kappa shape index (κ2) is 6.56. The number of thiophene rings is 1. The number of aryl methyl sites for hydroxylation is 1. The van der Waals surface area contributed by atoms with Crippen LogP contribution in [0, 0.1) is 13.0 Å². The van der Waals surface area contributed by atoms with E-state index in [2.05, 4.69) is 21.1 Å². The van der Waals surface area contributed by atoms with Crippen molar-refractivity contribution in [1.82, 2.24) is 4.90 Å². The van der Waals surface area contributed by atoms with E-state index in [1.807, 2.05) is 43.6 Å². The number of benzene rings is 1. The third kappa shape index (κ3) is 2.77. The van der Waals surface area contributed by atoms with E-state index < -0.39 is 0 Å². The molecule has 3 heterocycles. The van der Waals surface area contributed by atoms with Crippen LogP contribution in [0.4, 0.5) is 17.1 Å². The first-order valence-electron chi connectivity index (χ1n) is 8.50. The zero-order valence-corrected chi connectivity index (χ0v) is 15.5. The van der Waals surface area contributed by atoms with Gasteiger partial charge in [0.1, 0.15) is 0 Å². The van der Waals surface area contributed by atoms with Crippen molar-refractivity contribution in [2.24, 2.45) is 0 Å². The first-order valence-corrected chi connectivity index (χ1v) is 9.38. The molecule has 7 heteroatoms. The third-order valence-electron chi connectivity index (χ3n) is 4.76. The molecule has 0 aliphatic carbocycles. The Bertz CT molecular complexity index is 956. The van der Waals surface area contributed by atoms with Crippen LogP contribution in [0.2, 0.25) is 0 Å². The Hall–Kier alpha value is -2.69. The number of hydrogen-bond donors (Lipinski definition) is 1. The van der Waals surface area contributed by atoms with Crippen molar-refractivity contribution in [2.75, 3.05) is 30.4 Å². The van der Waals surface area contributed by atoms with Gasteiger partial charge >= 0.3 is 0 Å². The Morgan fingerprint density at radius 3 is 3.04 bits per heavy atom. The molecule has 0 spiro atoms. The second-order valence-corrected chi connectivity index (χ2v) is 7.55. The summed E-state index contributed by atoms with van der Waals surface area (Å²) in [6.07, 6.45) is 0.261. The fourth-order valence-corrected chi connectivity index (χ4v) is 4.15. The monoisotopic (exact) mass is 367 g/mol. The van der Waals surface area contributed by atoms with Crippen LogP contribution in [-0.4, -0.2) is 42.9 Å². The van der Waals surface area contributed by atoms with Gasteiger partial charge in [0.15, 0.2) is 6.04 Å². The Kier molecular flexibility index (Phi) is 4.23. The van der Waals surface area contributed by atoms with Gasteiger partial charge in [0, 0.05) is 10.3 Å². The van der Waals surface area contributed by atoms with Crippen LogP contribution in [0.5, 0.6) is 0 Å². The lowest BCUT2D eigenvalue weighted by Crippen LogP contribution is -2.39. The third-order valence-corrected chi connectivity index (χ3v) is 5.66. The maximum Gasteiger partial charge on any atom is 0.292 e. The lowest BCUT2D eigenvalue weighted by molar-refractivity contribution is -0.118. The van der Waals surface area contributed by atoms with Crippen LogP contribution in [0.3, 0.4) is 0 Å². The summed E-state index contributed by atoms with van der Waals surface area (Å²) in [7, 11) is 1.97. The van der Waals surface area contributed by atoms with Crippen LogP contribution in [-0.2, 0) is 4.79 Å². The number of rotatable bonds is 2. The maximum absolute atomic E-state index is 13.3. The van der Waals surface area contributed by atoms with Crippen molar-refractivity contribution in [3.05, 3.63) is 44.9 Å². The number of nitrogens with one attached hydrogen (secondary N) is 1. The molecule has 0 fully saturated rings. The van der Waals surface area contributed by atoms with E-state index in [1.165, 1.54) is 11.3 Å². The predicted molar refractivity (Wildman–Crippen MR) is 104 cm³/mol. The molecule has 2 aliphatic heterocycles. The summed E-state index contributed by atoms with van der Waals surface area (Å²) >= 11 is 1.48. The van der Waals surface area contributed by atoms with E-state index in [9.17, 15) is 9.59 Å². The van der Waals surface area contributed by atoms with Crippen LogP contribution >= 0.6 is 11.3 Å². The topological polar surface area (TPSA) is 57.0 Å². The zero-order chi connectivity index (χ0) is 18.3. The van der Waals surface area contributed by atoms with Gasteiger partial charge in [0.2, 0.25) is 5.91 Å². The van der Waals surface area contributed by atoms with E-state index in [0.717, 1.165) is 11.4 Å². The lowest BCUT2D eigenvalue weighted by Gasteiger charge is -2.26. The molecule has 0 saturated carbocycles. The standard InChI is InChI=1S/C19H18N4O2S/c1-12-18-14(11-26-12)19(25)21-15-5-3-4-6-16(15)23(18)17(24)9-13-10-20-7-8-22(13)2/h3-6,11,13H,7-9H2,1-2H3/p+1. The van der Waals surface area contributed by atoms with E-state index in [4.69, 9.17) is 0 Å². The molecule has 1 atom stereocenters. The Balaban J connectivity index is 1.79. The number of fused-ring (bicyclic) bond motifs is 2. The van der Waals surface area contributed by atoms with Gasteiger partial charge in [-0.15, -0.1) is 11.3 Å². The number of carbonyl (C=O) groups excluding carboxylic acids is 2. The SMILES string of the molecule is Cc1scc2c1N(C(=O)CC1C#[N+]CCN1C)c1ccccc1NC2=O. The van der Waals surface area contributed by atoms with Crippen molar-refractivity contribution in [2.45, 2.75) is 19.4 Å². The molecule has 2 aliphatic rings. The molecule has 1 aromatic carbocycles. The smallest absolute Gasteiger partial charge is 0.292 e.